The smallest absolute Gasteiger partial charge is 1.00 e. The number of nitrogen functional groups attached to an aromatic ring is 1. The molecule has 0 unspecified atom stereocenters. The third-order valence-electron chi connectivity index (χ3n) is 5.96. The van der Waals surface area contributed by atoms with Gasteiger partial charge in [0.2, 0.25) is 10.0 Å². The summed E-state index contributed by atoms with van der Waals surface area (Å²) in [5.41, 5.74) is 6.82. The monoisotopic (exact) mass is 627 g/mol. The summed E-state index contributed by atoms with van der Waals surface area (Å²) in [4.78, 5) is 32.3. The minimum absolute atomic E-state index is 0. The van der Waals surface area contributed by atoms with Crippen molar-refractivity contribution in [1.29, 1.82) is 0 Å². The van der Waals surface area contributed by atoms with Crippen LogP contribution >= 0.6 is 7.82 Å². The fourth-order valence-corrected chi connectivity index (χ4v) is 6.35. The molecule has 220 valence electrons. The fourth-order valence-electron chi connectivity index (χ4n) is 4.16. The second-order valence-electron chi connectivity index (χ2n) is 9.75. The molecule has 1 fully saturated rings. The van der Waals surface area contributed by atoms with Gasteiger partial charge in [-0.05, 0) is 42.2 Å². The average molecular weight is 628 g/mol. The number of phosphoric acid groups is 1. The molecule has 1 heterocycles. The van der Waals surface area contributed by atoms with Crippen molar-refractivity contribution in [2.75, 3.05) is 32.0 Å². The minimum Gasteiger partial charge on any atom is -1.00 e. The van der Waals surface area contributed by atoms with E-state index < -0.39 is 48.7 Å². The number of sulfonamides is 1. The Morgan fingerprint density at radius 1 is 1.18 bits per heavy atom. The van der Waals surface area contributed by atoms with Crippen LogP contribution < -0.4 is 11.1 Å². The molecule has 0 spiro atoms. The van der Waals surface area contributed by atoms with Crippen LogP contribution in [0, 0.1) is 5.92 Å². The van der Waals surface area contributed by atoms with Crippen molar-refractivity contribution in [2.24, 2.45) is 5.92 Å². The number of nitrogens with zero attached hydrogens (tertiary/aromatic N) is 1. The zero-order valence-electron chi connectivity index (χ0n) is 24.6. The van der Waals surface area contributed by atoms with E-state index in [1.165, 1.54) is 24.3 Å². The number of phosphoric ester groups is 1. The molecule has 0 aromatic heterocycles. The molecule has 2 aromatic carbocycles. The maximum Gasteiger partial charge on any atom is 2.00 e. The van der Waals surface area contributed by atoms with E-state index in [4.69, 9.17) is 19.7 Å². The molecule has 12 nitrogen and oxygen atoms in total. The van der Waals surface area contributed by atoms with Crippen LogP contribution in [-0.4, -0.2) is 111 Å². The Balaban J connectivity index is 0.00000560. The number of hydrogen-bond acceptors (Lipinski definition) is 8. The molecule has 0 bridgehead atoms. The topological polar surface area (TPSA) is 178 Å². The van der Waals surface area contributed by atoms with Crippen LogP contribution in [0.15, 0.2) is 59.5 Å². The van der Waals surface area contributed by atoms with Gasteiger partial charge in [0, 0.05) is 25.2 Å². The van der Waals surface area contributed by atoms with Gasteiger partial charge in [-0.25, -0.2) is 17.8 Å². The molecule has 2 aromatic rings. The van der Waals surface area contributed by atoms with E-state index in [2.05, 4.69) is 5.32 Å². The number of hydrogen-bond donors (Lipinski definition) is 4. The zero-order chi connectivity index (χ0) is 28.6. The van der Waals surface area contributed by atoms with Crippen molar-refractivity contribution in [1.82, 2.24) is 9.62 Å². The van der Waals surface area contributed by atoms with Crippen molar-refractivity contribution >= 4 is 67.4 Å². The summed E-state index contributed by atoms with van der Waals surface area (Å²) in [5.74, 6) is -0.142. The Hall–Kier alpha value is -1.25. The molecule has 3 rings (SSSR count). The van der Waals surface area contributed by atoms with Crippen molar-refractivity contribution in [2.45, 2.75) is 49.8 Å². The largest absolute Gasteiger partial charge is 2.00 e. The van der Waals surface area contributed by atoms with E-state index in [9.17, 15) is 27.6 Å². The van der Waals surface area contributed by atoms with Crippen molar-refractivity contribution < 1.29 is 44.4 Å². The first-order valence-corrected chi connectivity index (χ1v) is 15.5. The molecule has 0 aliphatic carbocycles. The van der Waals surface area contributed by atoms with Gasteiger partial charge in [0.15, 0.2) is 0 Å². The van der Waals surface area contributed by atoms with Crippen LogP contribution in [0.4, 0.5) is 10.5 Å². The summed E-state index contributed by atoms with van der Waals surface area (Å²) in [5, 5.41) is 2.65. The number of anilines is 1. The van der Waals surface area contributed by atoms with Crippen molar-refractivity contribution in [3.8, 4) is 0 Å². The molecular weight excluding hydrogens is 589 g/mol. The Labute approximate surface area is 267 Å². The van der Waals surface area contributed by atoms with Gasteiger partial charge in [-0.3, -0.25) is 4.52 Å². The molecule has 0 radical (unpaired) electrons. The molecule has 40 heavy (non-hydrogen) atoms. The number of carbonyl (C=O) groups is 1. The molecule has 1 saturated heterocycles. The predicted molar refractivity (Wildman–Crippen MR) is 152 cm³/mol. The Kier molecular flexibility index (Phi) is 13.8. The van der Waals surface area contributed by atoms with E-state index in [1.54, 1.807) is 30.3 Å². The first-order valence-electron chi connectivity index (χ1n) is 12.5. The third-order valence-corrected chi connectivity index (χ3v) is 8.35. The summed E-state index contributed by atoms with van der Waals surface area (Å²) in [6, 6.07) is 13.5. The van der Waals surface area contributed by atoms with Gasteiger partial charge in [-0.15, -0.1) is 0 Å². The van der Waals surface area contributed by atoms with Gasteiger partial charge in [-0.2, -0.15) is 4.31 Å². The normalized spacial score (nSPS) is 17.3. The zero-order valence-corrected chi connectivity index (χ0v) is 26.5. The molecule has 5 N–H and O–H groups in total. The maximum absolute atomic E-state index is 13.6. The third kappa shape index (κ3) is 11.2. The number of ether oxygens (including phenoxy) is 2. The summed E-state index contributed by atoms with van der Waals surface area (Å²) >= 11 is 0. The number of nitrogens with two attached hydrogens (primary N) is 1. The predicted octanol–water partition coefficient (Wildman–Crippen LogP) is 2.36. The molecule has 0 saturated carbocycles. The number of rotatable bonds is 13. The van der Waals surface area contributed by atoms with Gasteiger partial charge in [-0.1, -0.05) is 44.2 Å². The standard InChI is InChI=1S/C25H36N3O9PS.Ca.2H/c1-18(2)15-28(39(33,34)22-10-8-20(26)9-11-22)16-24(37-38(30,31)32)23(14-19-6-4-3-5-7-19)27-25(29)36-21-12-13-35-17-21;;;/h3-11,18,21,23-24H,12-17,26H2,1-2H3,(H,27,29)(H2,30,31,32);;;/q;+2;2*-1/t21-,23+,24-;;;/m1.../s1. The molecule has 1 amide bonds. The Morgan fingerprint density at radius 3 is 2.38 bits per heavy atom. The number of benzene rings is 2. The van der Waals surface area contributed by atoms with E-state index in [-0.39, 0.29) is 71.0 Å². The number of amides is 1. The minimum atomic E-state index is -5.12. The summed E-state index contributed by atoms with van der Waals surface area (Å²) in [7, 11) is -9.26. The van der Waals surface area contributed by atoms with Crippen molar-refractivity contribution in [3.05, 3.63) is 60.2 Å². The van der Waals surface area contributed by atoms with Crippen LogP contribution in [0.5, 0.6) is 0 Å². The molecule has 15 heteroatoms. The van der Waals surface area contributed by atoms with E-state index in [0.29, 0.717) is 18.7 Å². The SMILES string of the molecule is CC(C)CN(C[C@@H](OP(=O)(O)O)[C@H](Cc1ccccc1)NC(=O)O[C@@H]1CCOC1)S(=O)(=O)c1ccc(N)cc1.[Ca+2].[H-].[H-]. The van der Waals surface area contributed by atoms with Gasteiger partial charge in [0.05, 0.1) is 24.2 Å². The van der Waals surface area contributed by atoms with Crippen LogP contribution in [0.1, 0.15) is 28.7 Å². The van der Waals surface area contributed by atoms with Crippen molar-refractivity contribution in [3.63, 3.8) is 0 Å². The Bertz CT molecular complexity index is 1240. The van der Waals surface area contributed by atoms with Gasteiger partial charge in [0.25, 0.3) is 0 Å². The second kappa shape index (κ2) is 15.8. The van der Waals surface area contributed by atoms with Gasteiger partial charge >= 0.3 is 51.7 Å². The number of nitrogens with one attached hydrogen (secondary N) is 1. The fraction of sp³-hybridized carbons (Fsp3) is 0.480. The van der Waals surface area contributed by atoms with E-state index >= 15 is 0 Å². The first kappa shape index (κ1) is 34.9. The molecule has 1 aliphatic rings. The van der Waals surface area contributed by atoms with Crippen LogP contribution in [0.3, 0.4) is 0 Å². The molecule has 1 aliphatic heterocycles. The van der Waals surface area contributed by atoms with E-state index in [1.807, 2.05) is 13.8 Å². The molecular formula is C25H38CaN3O9PS. The van der Waals surface area contributed by atoms with Crippen LogP contribution in [-0.2, 0) is 35.0 Å². The van der Waals surface area contributed by atoms with E-state index in [0.717, 1.165) is 9.87 Å². The Morgan fingerprint density at radius 2 is 1.82 bits per heavy atom. The number of alkyl carbamates (subject to hydrolysis) is 1. The second-order valence-corrected chi connectivity index (χ2v) is 12.9. The molecule has 3 atom stereocenters. The van der Waals surface area contributed by atoms with Gasteiger partial charge < -0.3 is 33.2 Å². The summed E-state index contributed by atoms with van der Waals surface area (Å²) in [6.45, 7) is 3.87. The summed E-state index contributed by atoms with van der Waals surface area (Å²) < 4.78 is 56.2. The quantitative estimate of drug-likeness (QED) is 0.146. The van der Waals surface area contributed by atoms with Crippen LogP contribution in [0.2, 0.25) is 0 Å². The number of carbonyl (C=O) groups excluding carboxylic acids is 1. The summed E-state index contributed by atoms with van der Waals surface area (Å²) in [6.07, 6.45) is -2.14. The maximum atomic E-state index is 13.6. The average Bonchev–Trinajstić information content (AvgIpc) is 3.35. The van der Waals surface area contributed by atoms with Crippen LogP contribution in [0.25, 0.3) is 0 Å². The first-order chi connectivity index (χ1) is 18.3. The van der Waals surface area contributed by atoms with Gasteiger partial charge in [0.1, 0.15) is 12.2 Å².